The minimum Gasteiger partial charge on any atom is -0.490 e. The van der Waals surface area contributed by atoms with Crippen LogP contribution in [0.5, 0.6) is 11.5 Å². The zero-order valence-electron chi connectivity index (χ0n) is 12.9. The Bertz CT molecular complexity index is 730. The second kappa shape index (κ2) is 6.92. The van der Waals surface area contributed by atoms with Crippen LogP contribution < -0.4 is 14.8 Å². The molecule has 2 aromatic carbocycles. The Morgan fingerprint density at radius 3 is 2.61 bits per heavy atom. The Balaban J connectivity index is 1.76. The number of carbonyl (C=O) groups is 1. The lowest BCUT2D eigenvalue weighted by atomic mass is 10.1. The summed E-state index contributed by atoms with van der Waals surface area (Å²) in [6.07, 6.45) is 1.12. The van der Waals surface area contributed by atoms with E-state index in [0.29, 0.717) is 41.8 Å². The summed E-state index contributed by atoms with van der Waals surface area (Å²) in [5.74, 6) is 1.11. The Morgan fingerprint density at radius 1 is 1.17 bits per heavy atom. The van der Waals surface area contributed by atoms with Gasteiger partial charge in [0.15, 0.2) is 11.5 Å². The molecule has 0 fully saturated rings. The highest BCUT2D eigenvalue weighted by molar-refractivity contribution is 6.34. The molecule has 1 aliphatic rings. The number of benzene rings is 2. The maximum atomic E-state index is 12.3. The molecule has 4 nitrogen and oxygen atoms in total. The smallest absolute Gasteiger partial charge is 0.228 e. The topological polar surface area (TPSA) is 47.6 Å². The highest BCUT2D eigenvalue weighted by Crippen LogP contribution is 2.37. The molecule has 0 spiro atoms. The molecule has 0 aromatic heterocycles. The van der Waals surface area contributed by atoms with Crippen molar-refractivity contribution in [3.8, 4) is 11.5 Å². The number of fused-ring (bicyclic) bond motifs is 1. The molecule has 0 bridgehead atoms. The number of rotatable bonds is 3. The van der Waals surface area contributed by atoms with Crippen molar-refractivity contribution in [2.75, 3.05) is 18.5 Å². The van der Waals surface area contributed by atoms with E-state index in [9.17, 15) is 4.79 Å². The van der Waals surface area contributed by atoms with E-state index in [2.05, 4.69) is 5.32 Å². The predicted octanol–water partition coefficient (Wildman–Crippen LogP) is 3.99. The molecular weight excluding hydrogens is 314 g/mol. The van der Waals surface area contributed by atoms with Crippen LogP contribution in [0.2, 0.25) is 5.02 Å². The molecule has 2 aromatic rings. The van der Waals surface area contributed by atoms with Gasteiger partial charge in [0.2, 0.25) is 5.91 Å². The van der Waals surface area contributed by atoms with Gasteiger partial charge < -0.3 is 14.8 Å². The zero-order valence-corrected chi connectivity index (χ0v) is 13.7. The average Bonchev–Trinajstić information content (AvgIpc) is 2.75. The standard InChI is InChI=1S/C18H18ClNO3/c1-12-5-2-3-6-13(12)9-18(21)20-15-11-17-16(10-14(15)19)22-7-4-8-23-17/h2-3,5-6,10-11H,4,7-9H2,1H3,(H,20,21). The van der Waals surface area contributed by atoms with Gasteiger partial charge >= 0.3 is 0 Å². The predicted molar refractivity (Wildman–Crippen MR) is 90.6 cm³/mol. The molecule has 120 valence electrons. The number of amides is 1. The van der Waals surface area contributed by atoms with E-state index in [-0.39, 0.29) is 5.91 Å². The van der Waals surface area contributed by atoms with Gasteiger partial charge in [-0.05, 0) is 18.1 Å². The molecule has 1 aliphatic heterocycles. The molecule has 0 saturated carbocycles. The highest BCUT2D eigenvalue weighted by atomic mass is 35.5. The second-order valence-corrected chi connectivity index (χ2v) is 5.89. The number of carbonyl (C=O) groups excluding carboxylic acids is 1. The van der Waals surface area contributed by atoms with Gasteiger partial charge in [0.05, 0.1) is 30.3 Å². The summed E-state index contributed by atoms with van der Waals surface area (Å²) in [6.45, 7) is 3.18. The monoisotopic (exact) mass is 331 g/mol. The van der Waals surface area contributed by atoms with E-state index < -0.39 is 0 Å². The minimum absolute atomic E-state index is 0.115. The number of hydrogen-bond acceptors (Lipinski definition) is 3. The van der Waals surface area contributed by atoms with Crippen LogP contribution in [0, 0.1) is 6.92 Å². The van der Waals surface area contributed by atoms with Crippen LogP contribution in [0.1, 0.15) is 17.5 Å². The Hall–Kier alpha value is -2.20. The van der Waals surface area contributed by atoms with Crippen LogP contribution in [-0.4, -0.2) is 19.1 Å². The van der Waals surface area contributed by atoms with E-state index in [1.165, 1.54) is 0 Å². The fraction of sp³-hybridized carbons (Fsp3) is 0.278. The van der Waals surface area contributed by atoms with Crippen LogP contribution in [0.15, 0.2) is 36.4 Å². The van der Waals surface area contributed by atoms with Crippen LogP contribution in [0.4, 0.5) is 5.69 Å². The quantitative estimate of drug-likeness (QED) is 0.925. The van der Waals surface area contributed by atoms with Gasteiger partial charge in [-0.2, -0.15) is 0 Å². The number of nitrogens with one attached hydrogen (secondary N) is 1. The first-order valence-electron chi connectivity index (χ1n) is 7.57. The molecule has 0 aliphatic carbocycles. The average molecular weight is 332 g/mol. The first-order chi connectivity index (χ1) is 11.1. The maximum absolute atomic E-state index is 12.3. The summed E-state index contributed by atoms with van der Waals surface area (Å²) in [5.41, 5.74) is 2.62. The summed E-state index contributed by atoms with van der Waals surface area (Å²) < 4.78 is 11.2. The van der Waals surface area contributed by atoms with Crippen molar-refractivity contribution < 1.29 is 14.3 Å². The normalized spacial score (nSPS) is 13.3. The van der Waals surface area contributed by atoms with Gasteiger partial charge in [-0.25, -0.2) is 0 Å². The van der Waals surface area contributed by atoms with Crippen molar-refractivity contribution in [3.63, 3.8) is 0 Å². The number of ether oxygens (including phenoxy) is 2. The molecule has 3 rings (SSSR count). The van der Waals surface area contributed by atoms with Crippen LogP contribution in [-0.2, 0) is 11.2 Å². The van der Waals surface area contributed by atoms with Crippen molar-refractivity contribution in [1.82, 2.24) is 0 Å². The Kier molecular flexibility index (Phi) is 4.72. The number of hydrogen-bond donors (Lipinski definition) is 1. The molecule has 1 heterocycles. The second-order valence-electron chi connectivity index (χ2n) is 5.48. The van der Waals surface area contributed by atoms with Crippen molar-refractivity contribution >= 4 is 23.2 Å². The molecule has 0 saturated heterocycles. The fourth-order valence-electron chi connectivity index (χ4n) is 2.46. The third-order valence-electron chi connectivity index (χ3n) is 3.72. The van der Waals surface area contributed by atoms with Crippen molar-refractivity contribution in [3.05, 3.63) is 52.5 Å². The molecule has 0 atom stereocenters. The largest absolute Gasteiger partial charge is 0.490 e. The minimum atomic E-state index is -0.115. The Morgan fingerprint density at radius 2 is 1.87 bits per heavy atom. The van der Waals surface area contributed by atoms with E-state index in [1.807, 2.05) is 31.2 Å². The van der Waals surface area contributed by atoms with Crippen LogP contribution in [0.3, 0.4) is 0 Å². The first kappa shape index (κ1) is 15.7. The maximum Gasteiger partial charge on any atom is 0.228 e. The summed E-state index contributed by atoms with van der Waals surface area (Å²) in [5, 5.41) is 3.29. The van der Waals surface area contributed by atoms with E-state index in [4.69, 9.17) is 21.1 Å². The third-order valence-corrected chi connectivity index (χ3v) is 4.04. The highest BCUT2D eigenvalue weighted by Gasteiger charge is 2.16. The lowest BCUT2D eigenvalue weighted by Crippen LogP contribution is -2.15. The van der Waals surface area contributed by atoms with Crippen molar-refractivity contribution in [2.45, 2.75) is 19.8 Å². The Labute approximate surface area is 140 Å². The SMILES string of the molecule is Cc1ccccc1CC(=O)Nc1cc2c(cc1Cl)OCCCO2. The molecule has 1 N–H and O–H groups in total. The van der Waals surface area contributed by atoms with Crippen LogP contribution in [0.25, 0.3) is 0 Å². The lowest BCUT2D eigenvalue weighted by Gasteiger charge is -2.13. The molecule has 1 amide bonds. The van der Waals surface area contributed by atoms with Gasteiger partial charge in [-0.15, -0.1) is 0 Å². The lowest BCUT2D eigenvalue weighted by molar-refractivity contribution is -0.115. The van der Waals surface area contributed by atoms with Crippen molar-refractivity contribution in [1.29, 1.82) is 0 Å². The van der Waals surface area contributed by atoms with Gasteiger partial charge in [0.25, 0.3) is 0 Å². The van der Waals surface area contributed by atoms with Gasteiger partial charge in [0.1, 0.15) is 0 Å². The van der Waals surface area contributed by atoms with Gasteiger partial charge in [-0.3, -0.25) is 4.79 Å². The van der Waals surface area contributed by atoms with Gasteiger partial charge in [0, 0.05) is 18.6 Å². The number of anilines is 1. The third kappa shape index (κ3) is 3.77. The number of aryl methyl sites for hydroxylation is 1. The summed E-state index contributed by atoms with van der Waals surface area (Å²) >= 11 is 6.24. The molecule has 0 unspecified atom stereocenters. The zero-order chi connectivity index (χ0) is 16.2. The summed E-state index contributed by atoms with van der Waals surface area (Å²) in [6, 6.07) is 11.2. The molecule has 0 radical (unpaired) electrons. The van der Waals surface area contributed by atoms with Crippen LogP contribution >= 0.6 is 11.6 Å². The van der Waals surface area contributed by atoms with Gasteiger partial charge in [-0.1, -0.05) is 35.9 Å². The molecule has 5 heteroatoms. The summed E-state index contributed by atoms with van der Waals surface area (Å²) in [4.78, 5) is 12.3. The van der Waals surface area contributed by atoms with E-state index in [1.54, 1.807) is 12.1 Å². The number of halogens is 1. The summed E-state index contributed by atoms with van der Waals surface area (Å²) in [7, 11) is 0. The van der Waals surface area contributed by atoms with E-state index in [0.717, 1.165) is 17.5 Å². The first-order valence-corrected chi connectivity index (χ1v) is 7.95. The van der Waals surface area contributed by atoms with Crippen molar-refractivity contribution in [2.24, 2.45) is 0 Å². The molecular formula is C18H18ClNO3. The molecule has 23 heavy (non-hydrogen) atoms. The fourth-order valence-corrected chi connectivity index (χ4v) is 2.66. The van der Waals surface area contributed by atoms with E-state index >= 15 is 0 Å².